The van der Waals surface area contributed by atoms with Crippen LogP contribution in [-0.2, 0) is 14.4 Å². The monoisotopic (exact) mass is 214 g/mol. The maximum atomic E-state index is 11.0. The molecule has 0 spiro atoms. The van der Waals surface area contributed by atoms with Gasteiger partial charge < -0.3 is 5.32 Å². The van der Waals surface area contributed by atoms with Gasteiger partial charge in [-0.05, 0) is 6.92 Å². The summed E-state index contributed by atoms with van der Waals surface area (Å²) in [4.78, 5) is 37.1. The molecule has 0 aliphatic rings. The van der Waals surface area contributed by atoms with Gasteiger partial charge in [0.25, 0.3) is 0 Å². The maximum Gasteiger partial charge on any atom is 0.349 e. The summed E-state index contributed by atoms with van der Waals surface area (Å²) in [6, 6.07) is -0.815. The SMILES string of the molecule is CCNC(=O)NC(=O)C(=O)N(C#N)OC. The van der Waals surface area contributed by atoms with Gasteiger partial charge in [-0.2, -0.15) is 5.26 Å². The van der Waals surface area contributed by atoms with Crippen molar-refractivity contribution in [3.63, 3.8) is 0 Å². The second kappa shape index (κ2) is 6.33. The number of carbonyl (C=O) groups excluding carboxylic acids is 3. The van der Waals surface area contributed by atoms with Crippen molar-refractivity contribution in [2.24, 2.45) is 0 Å². The van der Waals surface area contributed by atoms with Crippen LogP contribution in [0.5, 0.6) is 0 Å². The van der Waals surface area contributed by atoms with Crippen molar-refractivity contribution in [1.82, 2.24) is 15.7 Å². The average molecular weight is 214 g/mol. The topological polar surface area (TPSA) is 112 Å². The van der Waals surface area contributed by atoms with Gasteiger partial charge in [0.15, 0.2) is 0 Å². The molecule has 0 bridgehead atoms. The van der Waals surface area contributed by atoms with Crippen molar-refractivity contribution < 1.29 is 19.2 Å². The van der Waals surface area contributed by atoms with E-state index in [-0.39, 0.29) is 5.06 Å². The smallest absolute Gasteiger partial charge is 0.338 e. The summed E-state index contributed by atoms with van der Waals surface area (Å²) in [5.41, 5.74) is 0. The van der Waals surface area contributed by atoms with Crippen LogP contribution in [0.25, 0.3) is 0 Å². The molecule has 0 aromatic heterocycles. The molecule has 0 aromatic carbocycles. The van der Waals surface area contributed by atoms with Gasteiger partial charge in [-0.15, -0.1) is 5.06 Å². The van der Waals surface area contributed by atoms with Gasteiger partial charge in [0.05, 0.1) is 7.11 Å². The van der Waals surface area contributed by atoms with E-state index >= 15 is 0 Å². The highest BCUT2D eigenvalue weighted by atomic mass is 16.7. The van der Waals surface area contributed by atoms with E-state index < -0.39 is 17.8 Å². The Morgan fingerprint density at radius 3 is 2.47 bits per heavy atom. The second-order valence-electron chi connectivity index (χ2n) is 2.20. The molecule has 8 heteroatoms. The summed E-state index contributed by atoms with van der Waals surface area (Å²) >= 11 is 0. The van der Waals surface area contributed by atoms with E-state index in [0.29, 0.717) is 6.54 Å². The largest absolute Gasteiger partial charge is 0.349 e. The van der Waals surface area contributed by atoms with E-state index in [1.165, 1.54) is 6.19 Å². The number of rotatable bonds is 2. The van der Waals surface area contributed by atoms with E-state index in [9.17, 15) is 14.4 Å². The van der Waals surface area contributed by atoms with Gasteiger partial charge >= 0.3 is 17.8 Å². The summed E-state index contributed by atoms with van der Waals surface area (Å²) in [6.07, 6.45) is 1.31. The summed E-state index contributed by atoms with van der Waals surface area (Å²) in [7, 11) is 1.04. The van der Waals surface area contributed by atoms with Gasteiger partial charge in [0.1, 0.15) is 0 Å². The summed E-state index contributed by atoms with van der Waals surface area (Å²) in [5.74, 6) is -2.52. The van der Waals surface area contributed by atoms with Gasteiger partial charge in [-0.1, -0.05) is 0 Å². The van der Waals surface area contributed by atoms with Crippen LogP contribution in [0.2, 0.25) is 0 Å². The second-order valence-corrected chi connectivity index (χ2v) is 2.20. The van der Waals surface area contributed by atoms with E-state index in [1.807, 2.05) is 0 Å². The molecule has 8 nitrogen and oxygen atoms in total. The molecular formula is C7H10N4O4. The molecule has 0 fully saturated rings. The molecule has 0 saturated heterocycles. The zero-order valence-corrected chi connectivity index (χ0v) is 8.23. The van der Waals surface area contributed by atoms with Crippen LogP contribution in [0.15, 0.2) is 0 Å². The van der Waals surface area contributed by atoms with E-state index in [2.05, 4.69) is 10.2 Å². The molecule has 0 unspecified atom stereocenters. The lowest BCUT2D eigenvalue weighted by Crippen LogP contribution is -2.46. The van der Waals surface area contributed by atoms with Gasteiger partial charge in [0, 0.05) is 6.54 Å². The fraction of sp³-hybridized carbons (Fsp3) is 0.429. The number of nitriles is 1. The first-order valence-corrected chi connectivity index (χ1v) is 3.93. The molecule has 0 atom stereocenters. The molecule has 2 N–H and O–H groups in total. The number of nitrogens with one attached hydrogen (secondary N) is 2. The fourth-order valence-corrected chi connectivity index (χ4v) is 0.623. The molecule has 82 valence electrons. The van der Waals surface area contributed by atoms with Crippen molar-refractivity contribution in [3.8, 4) is 6.19 Å². The Balaban J connectivity index is 4.28. The molecule has 4 amide bonds. The Kier molecular flexibility index (Phi) is 5.43. The third-order valence-corrected chi connectivity index (χ3v) is 1.22. The zero-order chi connectivity index (χ0) is 11.8. The molecule has 0 saturated carbocycles. The molecule has 15 heavy (non-hydrogen) atoms. The number of imide groups is 1. The predicted octanol–water partition coefficient (Wildman–Crippen LogP) is -1.30. The molecule has 0 aliphatic heterocycles. The van der Waals surface area contributed by atoms with Crippen LogP contribution in [0.1, 0.15) is 6.92 Å². The first-order chi connectivity index (χ1) is 7.06. The first kappa shape index (κ1) is 12.9. The quantitative estimate of drug-likeness (QED) is 0.257. The molecule has 0 radical (unpaired) electrons. The first-order valence-electron chi connectivity index (χ1n) is 3.93. The fourth-order valence-electron chi connectivity index (χ4n) is 0.623. The Hall–Kier alpha value is -2.14. The number of amides is 4. The third kappa shape index (κ3) is 4.06. The van der Waals surface area contributed by atoms with Crippen molar-refractivity contribution in [2.75, 3.05) is 13.7 Å². The zero-order valence-electron chi connectivity index (χ0n) is 8.23. The average Bonchev–Trinajstić information content (AvgIpc) is 2.19. The van der Waals surface area contributed by atoms with Crippen molar-refractivity contribution in [2.45, 2.75) is 6.92 Å². The number of hydrogen-bond donors (Lipinski definition) is 2. The standard InChI is InChI=1S/C7H10N4O4/c1-3-9-7(14)10-5(12)6(13)11(4-8)15-2/h3H2,1-2H3,(H2,9,10,12,14). The maximum absolute atomic E-state index is 11.0. The predicted molar refractivity (Wildman–Crippen MR) is 46.7 cm³/mol. The van der Waals surface area contributed by atoms with Crippen LogP contribution in [0.4, 0.5) is 4.79 Å². The lowest BCUT2D eigenvalue weighted by molar-refractivity contribution is -0.166. The molecule has 0 rings (SSSR count). The minimum absolute atomic E-state index is 0.147. The van der Waals surface area contributed by atoms with E-state index in [1.54, 1.807) is 12.2 Å². The number of nitrogens with zero attached hydrogens (tertiary/aromatic N) is 2. The highest BCUT2D eigenvalue weighted by molar-refractivity contribution is 6.37. The minimum atomic E-state index is -1.27. The summed E-state index contributed by atoms with van der Waals surface area (Å²) in [6.45, 7) is 1.95. The number of carbonyl (C=O) groups is 3. The number of urea groups is 1. The Morgan fingerprint density at radius 1 is 1.47 bits per heavy atom. The molecule has 0 aliphatic carbocycles. The normalized spacial score (nSPS) is 8.60. The minimum Gasteiger partial charge on any atom is -0.338 e. The van der Waals surface area contributed by atoms with Gasteiger partial charge in [0.2, 0.25) is 6.19 Å². The lowest BCUT2D eigenvalue weighted by atomic mass is 10.5. The Labute approximate surface area is 85.7 Å². The van der Waals surface area contributed by atoms with E-state index in [0.717, 1.165) is 7.11 Å². The van der Waals surface area contributed by atoms with Gasteiger partial charge in [-0.3, -0.25) is 19.7 Å². The molecular weight excluding hydrogens is 204 g/mol. The number of hydroxylamine groups is 2. The van der Waals surface area contributed by atoms with E-state index in [4.69, 9.17) is 5.26 Å². The highest BCUT2D eigenvalue weighted by Gasteiger charge is 2.23. The Morgan fingerprint density at radius 2 is 2.07 bits per heavy atom. The van der Waals surface area contributed by atoms with Crippen molar-refractivity contribution >= 4 is 17.8 Å². The van der Waals surface area contributed by atoms with Gasteiger partial charge in [-0.25, -0.2) is 4.79 Å². The van der Waals surface area contributed by atoms with Crippen LogP contribution in [-0.4, -0.2) is 36.6 Å². The lowest BCUT2D eigenvalue weighted by Gasteiger charge is -2.09. The molecule has 0 heterocycles. The Bertz CT molecular complexity index is 309. The van der Waals surface area contributed by atoms with Crippen molar-refractivity contribution in [1.29, 1.82) is 5.26 Å². The van der Waals surface area contributed by atoms with Crippen LogP contribution < -0.4 is 10.6 Å². The summed E-state index contributed by atoms with van der Waals surface area (Å²) < 4.78 is 0. The molecule has 0 aromatic rings. The van der Waals surface area contributed by atoms with Crippen LogP contribution >= 0.6 is 0 Å². The summed E-state index contributed by atoms with van der Waals surface area (Å²) in [5, 5.41) is 12.4. The van der Waals surface area contributed by atoms with Crippen LogP contribution in [0.3, 0.4) is 0 Å². The number of hydrogen-bond acceptors (Lipinski definition) is 5. The van der Waals surface area contributed by atoms with Crippen molar-refractivity contribution in [3.05, 3.63) is 0 Å². The van der Waals surface area contributed by atoms with Crippen LogP contribution in [0, 0.1) is 11.5 Å². The highest BCUT2D eigenvalue weighted by Crippen LogP contribution is 1.86. The third-order valence-electron chi connectivity index (χ3n) is 1.22.